The average Bonchev–Trinajstić information content (AvgIpc) is 2.71. The quantitative estimate of drug-likeness (QED) is 0.556. The normalized spacial score (nSPS) is 11.2. The number of halogens is 3. The van der Waals surface area contributed by atoms with Gasteiger partial charge in [0, 0.05) is 0 Å². The molecule has 0 saturated heterocycles. The van der Waals surface area contributed by atoms with E-state index in [0.717, 1.165) is 22.3 Å². The zero-order chi connectivity index (χ0) is 14.4. The Morgan fingerprint density at radius 1 is 1.35 bits per heavy atom. The Morgan fingerprint density at radius 2 is 2.10 bits per heavy atom. The highest BCUT2D eigenvalue weighted by Crippen LogP contribution is 2.30. The van der Waals surface area contributed by atoms with E-state index < -0.39 is 0 Å². The SMILES string of the molecule is Cc1cc(F)c(Br)cc1-n1c(=S)[nH]c2cccc(Cl)c21. The number of aromatic amines is 1. The number of para-hydroxylation sites is 1. The van der Waals surface area contributed by atoms with E-state index in [2.05, 4.69) is 20.9 Å². The van der Waals surface area contributed by atoms with E-state index in [1.807, 2.05) is 23.6 Å². The van der Waals surface area contributed by atoms with Crippen molar-refractivity contribution in [3.63, 3.8) is 0 Å². The molecule has 0 spiro atoms. The second-order valence-corrected chi connectivity index (χ2v) is 6.10. The van der Waals surface area contributed by atoms with Crippen LogP contribution in [0.2, 0.25) is 5.02 Å². The van der Waals surface area contributed by atoms with Gasteiger partial charge in [-0.1, -0.05) is 17.7 Å². The first-order valence-electron chi connectivity index (χ1n) is 5.84. The standard InChI is InChI=1S/C14H9BrClFN2S/c1-7-5-10(17)8(15)6-12(7)19-13-9(16)3-2-4-11(13)18-14(19)20/h2-6H,1H3,(H,18,20). The lowest BCUT2D eigenvalue weighted by Crippen LogP contribution is -1.99. The van der Waals surface area contributed by atoms with E-state index in [1.165, 1.54) is 6.07 Å². The average molecular weight is 372 g/mol. The van der Waals surface area contributed by atoms with E-state index in [1.54, 1.807) is 12.1 Å². The molecule has 0 aliphatic carbocycles. The van der Waals surface area contributed by atoms with Crippen LogP contribution in [-0.2, 0) is 0 Å². The van der Waals surface area contributed by atoms with Gasteiger partial charge in [0.15, 0.2) is 4.77 Å². The summed E-state index contributed by atoms with van der Waals surface area (Å²) in [5.74, 6) is -0.302. The number of H-pyrrole nitrogens is 1. The van der Waals surface area contributed by atoms with Gasteiger partial charge in [-0.25, -0.2) is 4.39 Å². The first-order valence-corrected chi connectivity index (χ1v) is 7.42. The van der Waals surface area contributed by atoms with Gasteiger partial charge in [0.05, 0.1) is 26.2 Å². The molecule has 0 aliphatic rings. The third-order valence-electron chi connectivity index (χ3n) is 3.13. The number of fused-ring (bicyclic) bond motifs is 1. The molecule has 1 N–H and O–H groups in total. The monoisotopic (exact) mass is 370 g/mol. The van der Waals surface area contributed by atoms with Crippen molar-refractivity contribution in [3.8, 4) is 5.69 Å². The maximum Gasteiger partial charge on any atom is 0.182 e. The zero-order valence-corrected chi connectivity index (χ0v) is 13.5. The predicted molar refractivity (Wildman–Crippen MR) is 85.9 cm³/mol. The summed E-state index contributed by atoms with van der Waals surface area (Å²) < 4.78 is 16.3. The van der Waals surface area contributed by atoms with Crippen LogP contribution >= 0.6 is 39.7 Å². The van der Waals surface area contributed by atoms with Gasteiger partial charge in [-0.15, -0.1) is 0 Å². The molecule has 3 aromatic rings. The Kier molecular flexibility index (Phi) is 3.44. The molecule has 0 radical (unpaired) electrons. The topological polar surface area (TPSA) is 20.7 Å². The fourth-order valence-electron chi connectivity index (χ4n) is 2.22. The molecule has 0 saturated carbocycles. The summed E-state index contributed by atoms with van der Waals surface area (Å²) in [7, 11) is 0. The minimum atomic E-state index is -0.302. The number of rotatable bonds is 1. The summed E-state index contributed by atoms with van der Waals surface area (Å²) in [4.78, 5) is 3.11. The maximum absolute atomic E-state index is 13.6. The molecular formula is C14H9BrClFN2S. The van der Waals surface area contributed by atoms with Gasteiger partial charge in [0.25, 0.3) is 0 Å². The molecule has 1 heterocycles. The Bertz CT molecular complexity index is 885. The lowest BCUT2D eigenvalue weighted by Gasteiger charge is -2.10. The molecule has 3 rings (SSSR count). The first kappa shape index (κ1) is 13.8. The van der Waals surface area contributed by atoms with E-state index in [0.29, 0.717) is 14.3 Å². The molecule has 2 aromatic carbocycles. The van der Waals surface area contributed by atoms with Crippen molar-refractivity contribution < 1.29 is 4.39 Å². The fraction of sp³-hybridized carbons (Fsp3) is 0.0714. The van der Waals surface area contributed by atoms with Crippen LogP contribution in [0.1, 0.15) is 5.56 Å². The summed E-state index contributed by atoms with van der Waals surface area (Å²) in [6.45, 7) is 1.84. The number of hydrogen-bond donors (Lipinski definition) is 1. The van der Waals surface area contributed by atoms with E-state index in [-0.39, 0.29) is 5.82 Å². The van der Waals surface area contributed by atoms with Crippen LogP contribution < -0.4 is 0 Å². The minimum Gasteiger partial charge on any atom is -0.330 e. The van der Waals surface area contributed by atoms with Crippen LogP contribution in [0.3, 0.4) is 0 Å². The molecule has 0 amide bonds. The van der Waals surface area contributed by atoms with Crippen molar-refractivity contribution in [2.75, 3.05) is 0 Å². The molecule has 0 atom stereocenters. The van der Waals surface area contributed by atoms with Gasteiger partial charge in [-0.05, 0) is 64.9 Å². The number of imidazole rings is 1. The highest BCUT2D eigenvalue weighted by Gasteiger charge is 2.13. The Morgan fingerprint density at radius 3 is 2.85 bits per heavy atom. The number of nitrogens with one attached hydrogen (secondary N) is 1. The van der Waals surface area contributed by atoms with Gasteiger partial charge in [-0.2, -0.15) is 0 Å². The van der Waals surface area contributed by atoms with Crippen LogP contribution in [0.25, 0.3) is 16.7 Å². The number of benzene rings is 2. The highest BCUT2D eigenvalue weighted by atomic mass is 79.9. The van der Waals surface area contributed by atoms with Crippen molar-refractivity contribution in [1.82, 2.24) is 9.55 Å². The van der Waals surface area contributed by atoms with Gasteiger partial charge in [0.2, 0.25) is 0 Å². The van der Waals surface area contributed by atoms with Crippen LogP contribution in [0.15, 0.2) is 34.8 Å². The third kappa shape index (κ3) is 2.10. The van der Waals surface area contributed by atoms with Crippen LogP contribution in [-0.4, -0.2) is 9.55 Å². The van der Waals surface area contributed by atoms with E-state index >= 15 is 0 Å². The largest absolute Gasteiger partial charge is 0.330 e. The number of nitrogens with zero attached hydrogens (tertiary/aromatic N) is 1. The molecule has 2 nitrogen and oxygen atoms in total. The lowest BCUT2D eigenvalue weighted by atomic mass is 10.2. The van der Waals surface area contributed by atoms with Crippen molar-refractivity contribution in [3.05, 3.63) is 56.0 Å². The van der Waals surface area contributed by atoms with Gasteiger partial charge < -0.3 is 4.98 Å². The first-order chi connectivity index (χ1) is 9.49. The number of hydrogen-bond acceptors (Lipinski definition) is 1. The van der Waals surface area contributed by atoms with Crippen molar-refractivity contribution >= 4 is 50.8 Å². The second-order valence-electron chi connectivity index (χ2n) is 4.45. The number of aromatic nitrogens is 2. The molecule has 6 heteroatoms. The lowest BCUT2D eigenvalue weighted by molar-refractivity contribution is 0.619. The maximum atomic E-state index is 13.6. The second kappa shape index (κ2) is 4.98. The van der Waals surface area contributed by atoms with Gasteiger partial charge in [-0.3, -0.25) is 4.57 Å². The highest BCUT2D eigenvalue weighted by molar-refractivity contribution is 9.10. The zero-order valence-electron chi connectivity index (χ0n) is 10.4. The molecule has 1 aromatic heterocycles. The Labute approximate surface area is 133 Å². The van der Waals surface area contributed by atoms with Gasteiger partial charge >= 0.3 is 0 Å². The Balaban J connectivity index is 2.44. The minimum absolute atomic E-state index is 0.302. The van der Waals surface area contributed by atoms with Crippen LogP contribution in [0, 0.1) is 17.5 Å². The summed E-state index contributed by atoms with van der Waals surface area (Å²) in [6.07, 6.45) is 0. The van der Waals surface area contributed by atoms with Crippen molar-refractivity contribution in [2.45, 2.75) is 6.92 Å². The van der Waals surface area contributed by atoms with E-state index in [9.17, 15) is 4.39 Å². The van der Waals surface area contributed by atoms with Crippen molar-refractivity contribution in [1.29, 1.82) is 0 Å². The molecule has 0 bridgehead atoms. The summed E-state index contributed by atoms with van der Waals surface area (Å²) in [5, 5.41) is 0.592. The van der Waals surface area contributed by atoms with Crippen LogP contribution in [0.4, 0.5) is 4.39 Å². The fourth-order valence-corrected chi connectivity index (χ4v) is 3.11. The number of aryl methyl sites for hydroxylation is 1. The molecule has 0 fully saturated rings. The third-order valence-corrected chi connectivity index (χ3v) is 4.33. The predicted octanol–water partition coefficient (Wildman–Crippen LogP) is 5.55. The smallest absolute Gasteiger partial charge is 0.182 e. The summed E-state index contributed by atoms with van der Waals surface area (Å²) in [6, 6.07) is 8.74. The molecule has 0 aliphatic heterocycles. The molecular weight excluding hydrogens is 363 g/mol. The van der Waals surface area contributed by atoms with Crippen molar-refractivity contribution in [2.24, 2.45) is 0 Å². The molecule has 20 heavy (non-hydrogen) atoms. The Hall–Kier alpha value is -1.17. The van der Waals surface area contributed by atoms with E-state index in [4.69, 9.17) is 23.8 Å². The molecule has 0 unspecified atom stereocenters. The summed E-state index contributed by atoms with van der Waals surface area (Å²) >= 11 is 14.9. The summed E-state index contributed by atoms with van der Waals surface area (Å²) in [5.41, 5.74) is 3.22. The van der Waals surface area contributed by atoms with Gasteiger partial charge in [0.1, 0.15) is 5.82 Å². The molecule has 102 valence electrons. The van der Waals surface area contributed by atoms with Crippen LogP contribution in [0.5, 0.6) is 0 Å².